The lowest BCUT2D eigenvalue weighted by atomic mass is 9.89. The van der Waals surface area contributed by atoms with E-state index in [9.17, 15) is 0 Å². The number of anilines is 1. The molecule has 122 valence electrons. The number of nitrogens with zero attached hydrogens (tertiary/aromatic N) is 2. The lowest BCUT2D eigenvalue weighted by Gasteiger charge is -2.43. The Bertz CT molecular complexity index is 507. The van der Waals surface area contributed by atoms with Gasteiger partial charge in [0.25, 0.3) is 0 Å². The Morgan fingerprint density at radius 2 is 2.05 bits per heavy atom. The van der Waals surface area contributed by atoms with E-state index in [1.165, 1.54) is 11.3 Å². The molecule has 1 N–H and O–H groups in total. The van der Waals surface area contributed by atoms with Gasteiger partial charge in [-0.15, -0.1) is 0 Å². The van der Waals surface area contributed by atoms with E-state index in [-0.39, 0.29) is 0 Å². The van der Waals surface area contributed by atoms with Crippen molar-refractivity contribution >= 4 is 5.69 Å². The van der Waals surface area contributed by atoms with Gasteiger partial charge in [-0.1, -0.05) is 51.1 Å². The van der Waals surface area contributed by atoms with Crippen LogP contribution in [0, 0.1) is 5.41 Å². The van der Waals surface area contributed by atoms with Crippen molar-refractivity contribution in [3.05, 3.63) is 42.0 Å². The van der Waals surface area contributed by atoms with Crippen molar-refractivity contribution in [1.29, 1.82) is 0 Å². The molecule has 0 bridgehead atoms. The average molecular weight is 301 g/mol. The molecule has 1 saturated heterocycles. The summed E-state index contributed by atoms with van der Waals surface area (Å²) in [7, 11) is 4.39. The fourth-order valence-corrected chi connectivity index (χ4v) is 3.26. The second-order valence-electron chi connectivity index (χ2n) is 7.18. The van der Waals surface area contributed by atoms with Gasteiger partial charge in [-0.3, -0.25) is 10.2 Å². The van der Waals surface area contributed by atoms with Crippen LogP contribution in [0.4, 0.5) is 5.69 Å². The fraction of sp³-hybridized carbons (Fsp3) is 0.579. The Morgan fingerprint density at radius 3 is 2.73 bits per heavy atom. The van der Waals surface area contributed by atoms with Gasteiger partial charge in [0.05, 0.1) is 6.17 Å². The molecule has 3 heteroatoms. The monoisotopic (exact) mass is 301 g/mol. The maximum Gasteiger partial charge on any atom is 0.0878 e. The van der Waals surface area contributed by atoms with Crippen LogP contribution in [0.1, 0.15) is 38.9 Å². The van der Waals surface area contributed by atoms with E-state index in [1.807, 2.05) is 0 Å². The van der Waals surface area contributed by atoms with E-state index in [2.05, 4.69) is 86.4 Å². The first-order chi connectivity index (χ1) is 10.4. The van der Waals surface area contributed by atoms with Gasteiger partial charge < -0.3 is 4.90 Å². The van der Waals surface area contributed by atoms with Crippen LogP contribution < -0.4 is 10.2 Å². The van der Waals surface area contributed by atoms with E-state index in [1.54, 1.807) is 0 Å². The molecule has 1 aromatic carbocycles. The first kappa shape index (κ1) is 17.0. The summed E-state index contributed by atoms with van der Waals surface area (Å²) >= 11 is 0. The van der Waals surface area contributed by atoms with Gasteiger partial charge in [-0.25, -0.2) is 0 Å². The summed E-state index contributed by atoms with van der Waals surface area (Å²) in [5, 5.41) is 3.72. The first-order valence-corrected chi connectivity index (χ1v) is 8.33. The second-order valence-corrected chi connectivity index (χ2v) is 7.18. The lowest BCUT2D eigenvalue weighted by Crippen LogP contribution is -2.51. The quantitative estimate of drug-likeness (QED) is 0.838. The van der Waals surface area contributed by atoms with Crippen LogP contribution in [0.2, 0.25) is 0 Å². The third-order valence-electron chi connectivity index (χ3n) is 4.32. The second kappa shape index (κ2) is 7.30. The Kier molecular flexibility index (Phi) is 5.65. The summed E-state index contributed by atoms with van der Waals surface area (Å²) in [5.74, 6) is 0. The molecular weight excluding hydrogens is 270 g/mol. The van der Waals surface area contributed by atoms with E-state index < -0.39 is 0 Å². The highest BCUT2D eigenvalue weighted by atomic mass is 15.3. The summed E-state index contributed by atoms with van der Waals surface area (Å²) in [6, 6.07) is 8.75. The molecule has 1 unspecified atom stereocenters. The van der Waals surface area contributed by atoms with Gasteiger partial charge in [-0.2, -0.15) is 0 Å². The van der Waals surface area contributed by atoms with Gasteiger partial charge in [0.2, 0.25) is 0 Å². The molecule has 1 atom stereocenters. The van der Waals surface area contributed by atoms with Crippen molar-refractivity contribution in [1.82, 2.24) is 10.2 Å². The van der Waals surface area contributed by atoms with E-state index in [4.69, 9.17) is 0 Å². The Balaban J connectivity index is 2.19. The molecule has 1 aromatic rings. The smallest absolute Gasteiger partial charge is 0.0878 e. The summed E-state index contributed by atoms with van der Waals surface area (Å²) in [4.78, 5) is 4.76. The van der Waals surface area contributed by atoms with Gasteiger partial charge in [-0.05, 0) is 24.9 Å². The summed E-state index contributed by atoms with van der Waals surface area (Å²) in [5.41, 5.74) is 3.01. The number of hydrogen-bond acceptors (Lipinski definition) is 3. The molecule has 0 saturated carbocycles. The number of rotatable bonds is 5. The molecule has 0 amide bonds. The highest BCUT2D eigenvalue weighted by Gasteiger charge is 2.32. The molecule has 1 fully saturated rings. The Morgan fingerprint density at radius 1 is 1.32 bits per heavy atom. The van der Waals surface area contributed by atoms with Crippen LogP contribution in [0.5, 0.6) is 0 Å². The minimum Gasteiger partial charge on any atom is -0.371 e. The molecule has 0 spiro atoms. The van der Waals surface area contributed by atoms with Crippen LogP contribution in [-0.4, -0.2) is 38.6 Å². The van der Waals surface area contributed by atoms with Crippen molar-refractivity contribution in [2.45, 2.75) is 33.4 Å². The van der Waals surface area contributed by atoms with E-state index >= 15 is 0 Å². The highest BCUT2D eigenvalue weighted by molar-refractivity contribution is 5.55. The third-order valence-corrected chi connectivity index (χ3v) is 4.32. The minimum absolute atomic E-state index is 0.293. The van der Waals surface area contributed by atoms with Crippen molar-refractivity contribution in [2.24, 2.45) is 5.41 Å². The zero-order chi connectivity index (χ0) is 16.2. The first-order valence-electron chi connectivity index (χ1n) is 8.33. The number of nitrogens with one attached hydrogen (secondary N) is 1. The van der Waals surface area contributed by atoms with Gasteiger partial charge in [0, 0.05) is 37.9 Å². The number of allylic oxidation sites excluding steroid dienone is 1. The largest absolute Gasteiger partial charge is 0.371 e. The molecule has 1 heterocycles. The topological polar surface area (TPSA) is 18.5 Å². The fourth-order valence-electron chi connectivity index (χ4n) is 3.26. The molecule has 0 aromatic heterocycles. The number of hydrogen-bond donors (Lipinski definition) is 1. The molecule has 22 heavy (non-hydrogen) atoms. The van der Waals surface area contributed by atoms with E-state index in [0.717, 1.165) is 26.1 Å². The van der Waals surface area contributed by atoms with Crippen LogP contribution in [0.25, 0.3) is 0 Å². The predicted molar refractivity (Wildman–Crippen MR) is 96.3 cm³/mol. The molecule has 1 aliphatic heterocycles. The number of likely N-dealkylation sites (N-methyl/N-ethyl adjacent to an activating group) is 1. The predicted octanol–water partition coefficient (Wildman–Crippen LogP) is 3.65. The Labute approximate surface area is 136 Å². The third kappa shape index (κ3) is 4.11. The van der Waals surface area contributed by atoms with Crippen LogP contribution in [0.15, 0.2) is 36.4 Å². The SMILES string of the molecule is CCC=CCN(C)c1ccccc1C1NCC(C)(C)CN1C. The van der Waals surface area contributed by atoms with Crippen molar-refractivity contribution in [2.75, 3.05) is 38.6 Å². The molecule has 3 nitrogen and oxygen atoms in total. The summed E-state index contributed by atoms with van der Waals surface area (Å²) in [6.07, 6.45) is 5.86. The highest BCUT2D eigenvalue weighted by Crippen LogP contribution is 2.32. The maximum atomic E-state index is 3.72. The zero-order valence-electron chi connectivity index (χ0n) is 14.8. The standard InChI is InChI=1S/C19H31N3/c1-6-7-10-13-21(4)17-12-9-8-11-16(17)18-20-14-19(2,3)15-22(18)5/h7-12,18,20H,6,13-15H2,1-5H3. The number of benzene rings is 1. The number of para-hydroxylation sites is 1. The maximum absolute atomic E-state index is 3.72. The van der Waals surface area contributed by atoms with E-state index in [0.29, 0.717) is 11.6 Å². The van der Waals surface area contributed by atoms with Crippen LogP contribution in [-0.2, 0) is 0 Å². The minimum atomic E-state index is 0.293. The molecule has 2 rings (SSSR count). The van der Waals surface area contributed by atoms with Gasteiger partial charge in [0.1, 0.15) is 0 Å². The van der Waals surface area contributed by atoms with Gasteiger partial charge >= 0.3 is 0 Å². The molecule has 0 aliphatic carbocycles. The Hall–Kier alpha value is -1.32. The van der Waals surface area contributed by atoms with Gasteiger partial charge in [0.15, 0.2) is 0 Å². The average Bonchev–Trinajstić information content (AvgIpc) is 2.46. The summed E-state index contributed by atoms with van der Waals surface area (Å²) < 4.78 is 0. The normalized spacial score (nSPS) is 22.1. The zero-order valence-corrected chi connectivity index (χ0v) is 14.8. The molecule has 1 aliphatic rings. The van der Waals surface area contributed by atoms with Crippen LogP contribution in [0.3, 0.4) is 0 Å². The molecular formula is C19H31N3. The van der Waals surface area contributed by atoms with Crippen LogP contribution >= 0.6 is 0 Å². The van der Waals surface area contributed by atoms with Crippen molar-refractivity contribution in [3.8, 4) is 0 Å². The lowest BCUT2D eigenvalue weighted by molar-refractivity contribution is 0.0784. The molecule has 0 radical (unpaired) electrons. The van der Waals surface area contributed by atoms with Crippen molar-refractivity contribution in [3.63, 3.8) is 0 Å². The van der Waals surface area contributed by atoms with Crippen molar-refractivity contribution < 1.29 is 0 Å². The summed E-state index contributed by atoms with van der Waals surface area (Å²) in [6.45, 7) is 9.93.